The Hall–Kier alpha value is -3.67. The number of ether oxygens (including phenoxy) is 1. The molecule has 0 N–H and O–H groups in total. The largest absolute Gasteiger partial charge is 0.457 e. The fourth-order valence-electron chi connectivity index (χ4n) is 2.63. The monoisotopic (exact) mass is 344 g/mol. The Balaban J connectivity index is 1.51. The quantitative estimate of drug-likeness (QED) is 0.565. The highest BCUT2D eigenvalue weighted by atomic mass is 16.5. The fourth-order valence-corrected chi connectivity index (χ4v) is 2.63. The molecule has 0 fully saturated rings. The summed E-state index contributed by atoms with van der Waals surface area (Å²) in [5, 5.41) is 7.76. The molecule has 4 rings (SSSR count). The Morgan fingerprint density at radius 1 is 0.962 bits per heavy atom. The zero-order valence-electron chi connectivity index (χ0n) is 14.1. The van der Waals surface area contributed by atoms with Crippen molar-refractivity contribution in [2.75, 3.05) is 11.9 Å². The van der Waals surface area contributed by atoms with Gasteiger partial charge >= 0.3 is 0 Å². The summed E-state index contributed by atoms with van der Waals surface area (Å²) in [5.41, 5.74) is 2.04. The van der Waals surface area contributed by atoms with Gasteiger partial charge in [0.05, 0.1) is 5.56 Å². The van der Waals surface area contributed by atoms with Crippen molar-refractivity contribution in [3.63, 3.8) is 0 Å². The number of para-hydroxylation sites is 1. The summed E-state index contributed by atoms with van der Waals surface area (Å²) in [5.74, 6) is 1.37. The van der Waals surface area contributed by atoms with Crippen LogP contribution < -0.4 is 9.64 Å². The molecule has 6 nitrogen and oxygen atoms in total. The Morgan fingerprint density at radius 3 is 2.46 bits per heavy atom. The third-order valence-corrected chi connectivity index (χ3v) is 4.05. The SMILES string of the molecule is CN(C(=O)c1ccc2nncn2c1)c1ccc(Oc2ccccc2)cc1. The van der Waals surface area contributed by atoms with Gasteiger partial charge in [0.1, 0.15) is 17.8 Å². The van der Waals surface area contributed by atoms with E-state index in [2.05, 4.69) is 10.2 Å². The molecule has 2 aromatic heterocycles. The van der Waals surface area contributed by atoms with Crippen LogP contribution in [0.25, 0.3) is 5.65 Å². The van der Waals surface area contributed by atoms with Crippen LogP contribution in [0, 0.1) is 0 Å². The van der Waals surface area contributed by atoms with Crippen LogP contribution in [-0.4, -0.2) is 27.6 Å². The number of pyridine rings is 1. The Bertz CT molecular complexity index is 1040. The van der Waals surface area contributed by atoms with Gasteiger partial charge < -0.3 is 9.64 Å². The van der Waals surface area contributed by atoms with Gasteiger partial charge in [-0.15, -0.1) is 10.2 Å². The van der Waals surface area contributed by atoms with E-state index in [0.29, 0.717) is 17.0 Å². The number of benzene rings is 2. The highest BCUT2D eigenvalue weighted by Crippen LogP contribution is 2.24. The zero-order chi connectivity index (χ0) is 17.9. The van der Waals surface area contributed by atoms with Crippen LogP contribution in [0.2, 0.25) is 0 Å². The lowest BCUT2D eigenvalue weighted by atomic mass is 10.2. The highest BCUT2D eigenvalue weighted by molar-refractivity contribution is 6.05. The second-order valence-corrected chi connectivity index (χ2v) is 5.79. The maximum atomic E-state index is 12.7. The maximum Gasteiger partial charge on any atom is 0.259 e. The molecule has 0 saturated heterocycles. The lowest BCUT2D eigenvalue weighted by Crippen LogP contribution is -2.26. The first-order chi connectivity index (χ1) is 12.7. The van der Waals surface area contributed by atoms with Crippen molar-refractivity contribution in [3.8, 4) is 11.5 Å². The number of carbonyl (C=O) groups is 1. The number of anilines is 1. The molecule has 0 aliphatic carbocycles. The second kappa shape index (κ2) is 6.68. The van der Waals surface area contributed by atoms with Gasteiger partial charge in [-0.25, -0.2) is 0 Å². The molecule has 0 saturated carbocycles. The molecule has 2 aromatic carbocycles. The van der Waals surface area contributed by atoms with Crippen molar-refractivity contribution in [3.05, 3.63) is 84.8 Å². The van der Waals surface area contributed by atoms with Gasteiger partial charge in [0.2, 0.25) is 0 Å². The minimum absolute atomic E-state index is 0.114. The van der Waals surface area contributed by atoms with Crippen LogP contribution in [0.1, 0.15) is 10.4 Å². The summed E-state index contributed by atoms with van der Waals surface area (Å²) >= 11 is 0. The van der Waals surface area contributed by atoms with Crippen LogP contribution in [0.15, 0.2) is 79.3 Å². The van der Waals surface area contributed by atoms with Crippen molar-refractivity contribution in [1.82, 2.24) is 14.6 Å². The summed E-state index contributed by atoms with van der Waals surface area (Å²) < 4.78 is 7.50. The lowest BCUT2D eigenvalue weighted by Gasteiger charge is -2.18. The van der Waals surface area contributed by atoms with E-state index < -0.39 is 0 Å². The van der Waals surface area contributed by atoms with E-state index in [1.54, 1.807) is 41.0 Å². The van der Waals surface area contributed by atoms with Crippen LogP contribution in [0.5, 0.6) is 11.5 Å². The molecule has 2 heterocycles. The molecule has 4 aromatic rings. The lowest BCUT2D eigenvalue weighted by molar-refractivity contribution is 0.0992. The van der Waals surface area contributed by atoms with Crippen LogP contribution in [0.3, 0.4) is 0 Å². The number of hydrogen-bond donors (Lipinski definition) is 0. The average molecular weight is 344 g/mol. The number of nitrogens with zero attached hydrogens (tertiary/aromatic N) is 4. The molecule has 26 heavy (non-hydrogen) atoms. The van der Waals surface area contributed by atoms with Gasteiger partial charge in [-0.1, -0.05) is 18.2 Å². The Labute approximate surface area is 150 Å². The molecule has 0 aliphatic rings. The van der Waals surface area contributed by atoms with E-state index in [1.807, 2.05) is 54.6 Å². The molecule has 1 amide bonds. The van der Waals surface area contributed by atoms with Gasteiger partial charge in [0.15, 0.2) is 5.65 Å². The van der Waals surface area contributed by atoms with Crippen LogP contribution in [-0.2, 0) is 0 Å². The highest BCUT2D eigenvalue weighted by Gasteiger charge is 2.14. The first kappa shape index (κ1) is 15.8. The van der Waals surface area contributed by atoms with Crippen molar-refractivity contribution < 1.29 is 9.53 Å². The van der Waals surface area contributed by atoms with E-state index in [-0.39, 0.29) is 5.91 Å². The molecule has 0 unspecified atom stereocenters. The maximum absolute atomic E-state index is 12.7. The predicted molar refractivity (Wildman–Crippen MR) is 98.7 cm³/mol. The molecule has 6 heteroatoms. The predicted octanol–water partition coefficient (Wildman–Crippen LogP) is 3.80. The van der Waals surface area contributed by atoms with Gasteiger partial charge in [-0.05, 0) is 48.5 Å². The van der Waals surface area contributed by atoms with Crippen molar-refractivity contribution in [1.29, 1.82) is 0 Å². The van der Waals surface area contributed by atoms with E-state index >= 15 is 0 Å². The van der Waals surface area contributed by atoms with Gasteiger partial charge in [0, 0.05) is 18.9 Å². The summed E-state index contributed by atoms with van der Waals surface area (Å²) in [6, 6.07) is 20.5. The topological polar surface area (TPSA) is 59.7 Å². The second-order valence-electron chi connectivity index (χ2n) is 5.79. The molecular weight excluding hydrogens is 328 g/mol. The number of amides is 1. The Kier molecular flexibility index (Phi) is 4.07. The smallest absolute Gasteiger partial charge is 0.259 e. The summed E-state index contributed by atoms with van der Waals surface area (Å²) in [6.07, 6.45) is 3.29. The summed E-state index contributed by atoms with van der Waals surface area (Å²) in [7, 11) is 1.74. The first-order valence-corrected chi connectivity index (χ1v) is 8.11. The van der Waals surface area contributed by atoms with Gasteiger partial charge in [-0.3, -0.25) is 9.20 Å². The number of carbonyl (C=O) groups excluding carboxylic acids is 1. The van der Waals surface area contributed by atoms with E-state index in [1.165, 1.54) is 0 Å². The number of rotatable bonds is 4. The molecule has 0 radical (unpaired) electrons. The van der Waals surface area contributed by atoms with Gasteiger partial charge in [-0.2, -0.15) is 0 Å². The van der Waals surface area contributed by atoms with E-state index in [4.69, 9.17) is 4.74 Å². The average Bonchev–Trinajstić information content (AvgIpc) is 3.16. The molecule has 0 aliphatic heterocycles. The first-order valence-electron chi connectivity index (χ1n) is 8.11. The van der Waals surface area contributed by atoms with Crippen molar-refractivity contribution in [2.24, 2.45) is 0 Å². The van der Waals surface area contributed by atoms with Crippen LogP contribution >= 0.6 is 0 Å². The van der Waals surface area contributed by atoms with Crippen molar-refractivity contribution >= 4 is 17.2 Å². The number of hydrogen-bond acceptors (Lipinski definition) is 4. The number of fused-ring (bicyclic) bond motifs is 1. The Morgan fingerprint density at radius 2 is 1.69 bits per heavy atom. The third-order valence-electron chi connectivity index (χ3n) is 4.05. The molecule has 0 spiro atoms. The standard InChI is InChI=1S/C20H16N4O2/c1-23(20(25)15-7-12-19-22-21-14-24(19)13-15)16-8-10-18(11-9-16)26-17-5-3-2-4-6-17/h2-14H,1H3. The summed E-state index contributed by atoms with van der Waals surface area (Å²) in [4.78, 5) is 14.3. The minimum Gasteiger partial charge on any atom is -0.457 e. The van der Waals surface area contributed by atoms with Crippen LogP contribution in [0.4, 0.5) is 5.69 Å². The molecule has 0 atom stereocenters. The summed E-state index contributed by atoms with van der Waals surface area (Å²) in [6.45, 7) is 0. The number of aromatic nitrogens is 3. The molecular formula is C20H16N4O2. The van der Waals surface area contributed by atoms with E-state index in [9.17, 15) is 4.79 Å². The van der Waals surface area contributed by atoms with Gasteiger partial charge in [0.25, 0.3) is 5.91 Å². The normalized spacial score (nSPS) is 10.7. The molecule has 128 valence electrons. The molecule has 0 bridgehead atoms. The third kappa shape index (κ3) is 3.12. The van der Waals surface area contributed by atoms with E-state index in [0.717, 1.165) is 11.4 Å². The van der Waals surface area contributed by atoms with Crippen molar-refractivity contribution in [2.45, 2.75) is 0 Å². The minimum atomic E-state index is -0.114. The zero-order valence-corrected chi connectivity index (χ0v) is 14.1. The fraction of sp³-hybridized carbons (Fsp3) is 0.0500.